The highest BCUT2D eigenvalue weighted by Gasteiger charge is 2.45. The molecule has 0 saturated carbocycles. The summed E-state index contributed by atoms with van der Waals surface area (Å²) in [6.07, 6.45) is 0.388. The fraction of sp³-hybridized carbons (Fsp3) is 0.533. The van der Waals surface area contributed by atoms with Crippen molar-refractivity contribution in [1.29, 1.82) is 0 Å². The minimum absolute atomic E-state index is 0.156. The third-order valence-electron chi connectivity index (χ3n) is 3.57. The maximum absolute atomic E-state index is 13.4. The number of aryl methyl sites for hydroxylation is 1. The fourth-order valence-corrected chi connectivity index (χ4v) is 2.97. The molecule has 1 aliphatic rings. The molecule has 1 aliphatic heterocycles. The van der Waals surface area contributed by atoms with Crippen molar-refractivity contribution in [2.75, 3.05) is 5.32 Å². The van der Waals surface area contributed by atoms with E-state index in [1.807, 2.05) is 13.8 Å². The highest BCUT2D eigenvalue weighted by Crippen LogP contribution is 2.33. The number of hydrogen-bond acceptors (Lipinski definition) is 3. The van der Waals surface area contributed by atoms with Gasteiger partial charge in [-0.2, -0.15) is 0 Å². The number of hydrogen-bond donors (Lipinski definition) is 2. The molecule has 1 aromatic carbocycles. The summed E-state index contributed by atoms with van der Waals surface area (Å²) >= 11 is 0. The molecule has 0 amide bonds. The van der Waals surface area contributed by atoms with Crippen LogP contribution in [0.2, 0.25) is 0 Å². The SMILES string of the molecule is Cc1cc(F)cc(NC2(C(=O)O)CC(C)OC(C)C2)c1. The fourth-order valence-electron chi connectivity index (χ4n) is 2.97. The van der Waals surface area contributed by atoms with Gasteiger partial charge in [-0.25, -0.2) is 9.18 Å². The van der Waals surface area contributed by atoms with Crippen LogP contribution in [0.4, 0.5) is 10.1 Å². The van der Waals surface area contributed by atoms with Gasteiger partial charge in [0.1, 0.15) is 11.4 Å². The Labute approximate surface area is 117 Å². The Hall–Kier alpha value is -1.62. The van der Waals surface area contributed by atoms with Crippen molar-refractivity contribution in [1.82, 2.24) is 0 Å². The van der Waals surface area contributed by atoms with Crippen molar-refractivity contribution < 1.29 is 19.0 Å². The number of carbonyl (C=O) groups is 1. The summed E-state index contributed by atoms with van der Waals surface area (Å²) in [6, 6.07) is 4.48. The van der Waals surface area contributed by atoms with Crippen LogP contribution in [0.25, 0.3) is 0 Å². The summed E-state index contributed by atoms with van der Waals surface area (Å²) in [6.45, 7) is 5.48. The van der Waals surface area contributed by atoms with Crippen LogP contribution in [-0.4, -0.2) is 28.8 Å². The Bertz CT molecular complexity index is 488. The Morgan fingerprint density at radius 2 is 1.95 bits per heavy atom. The summed E-state index contributed by atoms with van der Waals surface area (Å²) in [5.74, 6) is -1.30. The molecule has 2 N–H and O–H groups in total. The molecule has 0 bridgehead atoms. The zero-order chi connectivity index (χ0) is 14.9. The van der Waals surface area contributed by atoms with E-state index in [1.54, 1.807) is 13.0 Å². The minimum atomic E-state index is -1.11. The molecule has 2 atom stereocenters. The first-order chi connectivity index (χ1) is 9.30. The summed E-state index contributed by atoms with van der Waals surface area (Å²) in [4.78, 5) is 11.7. The molecule has 110 valence electrons. The molecule has 5 heteroatoms. The quantitative estimate of drug-likeness (QED) is 0.894. The first-order valence-corrected chi connectivity index (χ1v) is 6.75. The molecule has 2 rings (SSSR count). The van der Waals surface area contributed by atoms with E-state index in [2.05, 4.69) is 5.32 Å². The molecule has 0 aliphatic carbocycles. The standard InChI is InChI=1S/C15H20FNO3/c1-9-4-12(16)6-13(5-9)17-15(14(18)19)7-10(2)20-11(3)8-15/h4-6,10-11,17H,7-8H2,1-3H3,(H,18,19). The highest BCUT2D eigenvalue weighted by atomic mass is 19.1. The van der Waals surface area contributed by atoms with Crippen molar-refractivity contribution in [2.45, 2.75) is 51.4 Å². The van der Waals surface area contributed by atoms with Gasteiger partial charge in [0.2, 0.25) is 0 Å². The van der Waals surface area contributed by atoms with Gasteiger partial charge in [-0.05, 0) is 44.5 Å². The van der Waals surface area contributed by atoms with Gasteiger partial charge in [0.25, 0.3) is 0 Å². The van der Waals surface area contributed by atoms with Crippen LogP contribution in [0.15, 0.2) is 18.2 Å². The second kappa shape index (κ2) is 5.40. The average molecular weight is 281 g/mol. The zero-order valence-corrected chi connectivity index (χ0v) is 11.9. The van der Waals surface area contributed by atoms with Crippen molar-refractivity contribution in [3.8, 4) is 0 Å². The van der Waals surface area contributed by atoms with Gasteiger partial charge in [0.05, 0.1) is 12.2 Å². The number of carboxylic acids is 1. The topological polar surface area (TPSA) is 58.6 Å². The second-order valence-corrected chi connectivity index (χ2v) is 5.70. The number of aliphatic carboxylic acids is 1. The second-order valence-electron chi connectivity index (χ2n) is 5.70. The molecule has 2 unspecified atom stereocenters. The number of nitrogens with one attached hydrogen (secondary N) is 1. The van der Waals surface area contributed by atoms with E-state index < -0.39 is 11.5 Å². The van der Waals surface area contributed by atoms with E-state index in [1.165, 1.54) is 12.1 Å². The Morgan fingerprint density at radius 3 is 2.45 bits per heavy atom. The van der Waals surface area contributed by atoms with Gasteiger partial charge in [-0.1, -0.05) is 0 Å². The van der Waals surface area contributed by atoms with Gasteiger partial charge >= 0.3 is 5.97 Å². The highest BCUT2D eigenvalue weighted by molar-refractivity contribution is 5.83. The van der Waals surface area contributed by atoms with Crippen molar-refractivity contribution in [2.24, 2.45) is 0 Å². The molecular formula is C15H20FNO3. The molecule has 1 heterocycles. The molecule has 0 spiro atoms. The molecule has 0 radical (unpaired) electrons. The van der Waals surface area contributed by atoms with Crippen LogP contribution < -0.4 is 5.32 Å². The van der Waals surface area contributed by atoms with Crippen molar-refractivity contribution >= 4 is 11.7 Å². The molecule has 1 aromatic rings. The maximum Gasteiger partial charge on any atom is 0.329 e. The third-order valence-corrected chi connectivity index (χ3v) is 3.57. The number of carboxylic acid groups (broad SMARTS) is 1. The van der Waals surface area contributed by atoms with E-state index in [0.717, 1.165) is 5.56 Å². The monoisotopic (exact) mass is 281 g/mol. The zero-order valence-electron chi connectivity index (χ0n) is 11.9. The molecule has 1 fully saturated rings. The van der Waals surface area contributed by atoms with E-state index in [0.29, 0.717) is 18.5 Å². The maximum atomic E-state index is 13.4. The number of ether oxygens (including phenoxy) is 1. The third kappa shape index (κ3) is 3.10. The summed E-state index contributed by atoms with van der Waals surface area (Å²) < 4.78 is 19.0. The van der Waals surface area contributed by atoms with Gasteiger partial charge in [0, 0.05) is 18.5 Å². The molecule has 1 saturated heterocycles. The van der Waals surface area contributed by atoms with Crippen LogP contribution in [0.5, 0.6) is 0 Å². The van der Waals surface area contributed by atoms with Crippen LogP contribution in [0.3, 0.4) is 0 Å². The number of benzene rings is 1. The van der Waals surface area contributed by atoms with E-state index in [4.69, 9.17) is 4.74 Å². The van der Waals surface area contributed by atoms with Gasteiger partial charge in [0.15, 0.2) is 0 Å². The van der Waals surface area contributed by atoms with Crippen LogP contribution in [-0.2, 0) is 9.53 Å². The molecule has 4 nitrogen and oxygen atoms in total. The normalized spacial score (nSPS) is 30.0. The molecule has 0 aromatic heterocycles. The number of anilines is 1. The van der Waals surface area contributed by atoms with E-state index in [-0.39, 0.29) is 18.0 Å². The lowest BCUT2D eigenvalue weighted by molar-refractivity contribution is -0.151. The van der Waals surface area contributed by atoms with Crippen molar-refractivity contribution in [3.05, 3.63) is 29.6 Å². The predicted molar refractivity (Wildman–Crippen MR) is 74.4 cm³/mol. The Balaban J connectivity index is 2.31. The lowest BCUT2D eigenvalue weighted by Crippen LogP contribution is -2.54. The molecule has 20 heavy (non-hydrogen) atoms. The average Bonchev–Trinajstić information content (AvgIpc) is 2.25. The predicted octanol–water partition coefficient (Wildman–Crippen LogP) is 2.96. The van der Waals surface area contributed by atoms with E-state index >= 15 is 0 Å². The molecular weight excluding hydrogens is 261 g/mol. The van der Waals surface area contributed by atoms with E-state index in [9.17, 15) is 14.3 Å². The minimum Gasteiger partial charge on any atom is -0.480 e. The van der Waals surface area contributed by atoms with Gasteiger partial charge in [-0.3, -0.25) is 0 Å². The first-order valence-electron chi connectivity index (χ1n) is 6.75. The number of rotatable bonds is 3. The Kier molecular flexibility index (Phi) is 3.99. The van der Waals surface area contributed by atoms with Crippen LogP contribution in [0, 0.1) is 12.7 Å². The smallest absolute Gasteiger partial charge is 0.329 e. The first kappa shape index (κ1) is 14.8. The lowest BCUT2D eigenvalue weighted by Gasteiger charge is -2.41. The summed E-state index contributed by atoms with van der Waals surface area (Å²) in [5, 5.41) is 12.6. The van der Waals surface area contributed by atoms with Crippen LogP contribution in [0.1, 0.15) is 32.3 Å². The van der Waals surface area contributed by atoms with Gasteiger partial charge < -0.3 is 15.2 Å². The van der Waals surface area contributed by atoms with Crippen LogP contribution >= 0.6 is 0 Å². The largest absolute Gasteiger partial charge is 0.480 e. The lowest BCUT2D eigenvalue weighted by atomic mass is 9.84. The Morgan fingerprint density at radius 1 is 1.35 bits per heavy atom. The summed E-state index contributed by atoms with van der Waals surface area (Å²) in [5.41, 5.74) is 0.129. The number of halogens is 1. The summed E-state index contributed by atoms with van der Waals surface area (Å²) in [7, 11) is 0. The van der Waals surface area contributed by atoms with Gasteiger partial charge in [-0.15, -0.1) is 0 Å². The van der Waals surface area contributed by atoms with Crippen molar-refractivity contribution in [3.63, 3.8) is 0 Å².